The van der Waals surface area contributed by atoms with Crippen LogP contribution in [0.3, 0.4) is 0 Å². The van der Waals surface area contributed by atoms with E-state index in [2.05, 4.69) is 5.32 Å². The average Bonchev–Trinajstić information content (AvgIpc) is 2.67. The number of nitrogens with two attached hydrogens (primary N) is 1. The number of ether oxygens (including phenoxy) is 3. The highest BCUT2D eigenvalue weighted by Crippen LogP contribution is 2.41. The van der Waals surface area contributed by atoms with E-state index in [4.69, 9.17) is 31.5 Å². The van der Waals surface area contributed by atoms with Crippen LogP contribution in [0, 0.1) is 0 Å². The van der Waals surface area contributed by atoms with Gasteiger partial charge in [-0.05, 0) is 25.5 Å². The Hall–Kier alpha value is -2.35. The Morgan fingerprint density at radius 2 is 1.96 bits per heavy atom. The highest BCUT2D eigenvalue weighted by molar-refractivity contribution is 6.31. The van der Waals surface area contributed by atoms with E-state index in [0.29, 0.717) is 40.7 Å². The maximum atomic E-state index is 12.9. The number of halogens is 1. The van der Waals surface area contributed by atoms with Gasteiger partial charge in [0.25, 0.3) is 0 Å². The minimum atomic E-state index is -0.752. The molecule has 1 aromatic carbocycles. The number of dihydropyridines is 1. The third kappa shape index (κ3) is 4.73. The number of esters is 2. The molecule has 2 rings (SSSR count). The van der Waals surface area contributed by atoms with Crippen LogP contribution >= 0.6 is 11.6 Å². The molecule has 1 heterocycles. The smallest absolute Gasteiger partial charge is 0.336 e. The summed E-state index contributed by atoms with van der Waals surface area (Å²) in [7, 11) is 1.29. The van der Waals surface area contributed by atoms with E-state index < -0.39 is 17.9 Å². The zero-order valence-electron chi connectivity index (χ0n) is 16.2. The number of allylic oxidation sites excluding steroid dienone is 1. The molecule has 7 nitrogen and oxygen atoms in total. The predicted octanol–water partition coefficient (Wildman–Crippen LogP) is 2.51. The lowest BCUT2D eigenvalue weighted by atomic mass is 9.80. The highest BCUT2D eigenvalue weighted by atomic mass is 35.5. The Kier molecular flexibility index (Phi) is 8.04. The first-order valence-electron chi connectivity index (χ1n) is 8.94. The highest BCUT2D eigenvalue weighted by Gasteiger charge is 2.39. The van der Waals surface area contributed by atoms with Crippen LogP contribution in [-0.4, -0.2) is 45.4 Å². The fourth-order valence-electron chi connectivity index (χ4n) is 3.12. The Morgan fingerprint density at radius 3 is 2.57 bits per heavy atom. The molecular weight excluding hydrogens is 384 g/mol. The van der Waals surface area contributed by atoms with E-state index >= 15 is 0 Å². The molecule has 0 aromatic heterocycles. The third-order valence-electron chi connectivity index (χ3n) is 4.27. The molecule has 1 aliphatic rings. The normalized spacial score (nSPS) is 16.7. The molecule has 0 bridgehead atoms. The van der Waals surface area contributed by atoms with Crippen LogP contribution in [0.5, 0.6) is 0 Å². The number of carbonyl (C=O) groups is 2. The second-order valence-corrected chi connectivity index (χ2v) is 6.47. The number of rotatable bonds is 8. The van der Waals surface area contributed by atoms with Crippen molar-refractivity contribution in [3.63, 3.8) is 0 Å². The van der Waals surface area contributed by atoms with Crippen molar-refractivity contribution < 1.29 is 25.2 Å². The quantitative estimate of drug-likeness (QED) is 0.501. The summed E-state index contributed by atoms with van der Waals surface area (Å²) >= 11 is 6.42. The number of hydrogen-bond donors (Lipinski definition) is 2. The molecule has 8 heteroatoms. The van der Waals surface area contributed by atoms with Crippen molar-refractivity contribution in [1.29, 1.82) is 0 Å². The molecule has 28 heavy (non-hydrogen) atoms. The fourth-order valence-corrected chi connectivity index (χ4v) is 3.36. The second-order valence-electron chi connectivity index (χ2n) is 6.06. The third-order valence-corrected chi connectivity index (χ3v) is 4.61. The van der Waals surface area contributed by atoms with Crippen molar-refractivity contribution >= 4 is 23.5 Å². The molecule has 3 N–H and O–H groups in total. The lowest BCUT2D eigenvalue weighted by Crippen LogP contribution is -2.35. The largest absolute Gasteiger partial charge is 0.466 e. The molecule has 0 aliphatic carbocycles. The van der Waals surface area contributed by atoms with Gasteiger partial charge < -0.3 is 25.3 Å². The van der Waals surface area contributed by atoms with E-state index in [9.17, 15) is 9.59 Å². The van der Waals surface area contributed by atoms with Gasteiger partial charge >= 0.3 is 11.9 Å². The predicted molar refractivity (Wildman–Crippen MR) is 108 cm³/mol. The zero-order valence-corrected chi connectivity index (χ0v) is 17.0. The lowest BCUT2D eigenvalue weighted by Gasteiger charge is -2.31. The van der Waals surface area contributed by atoms with Gasteiger partial charge in [-0.25, -0.2) is 9.59 Å². The first kappa shape index (κ1) is 21.9. The molecule has 1 aliphatic heterocycles. The molecule has 1 atom stereocenters. The average molecular weight is 411 g/mol. The Bertz CT molecular complexity index is 810. The molecule has 0 spiro atoms. The Morgan fingerprint density at radius 1 is 1.25 bits per heavy atom. The van der Waals surface area contributed by atoms with Crippen LogP contribution in [0.15, 0.2) is 46.8 Å². The van der Waals surface area contributed by atoms with Gasteiger partial charge in [-0.1, -0.05) is 29.8 Å². The van der Waals surface area contributed by atoms with E-state index in [1.54, 1.807) is 38.1 Å². The van der Waals surface area contributed by atoms with Gasteiger partial charge in [0, 0.05) is 18.7 Å². The summed E-state index contributed by atoms with van der Waals surface area (Å²) in [6, 6.07) is 7.05. The molecule has 0 fully saturated rings. The number of benzene rings is 1. The van der Waals surface area contributed by atoms with Gasteiger partial charge in [0.15, 0.2) is 0 Å². The summed E-state index contributed by atoms with van der Waals surface area (Å²) in [6.45, 7) is 4.42. The van der Waals surface area contributed by atoms with Gasteiger partial charge in [0.1, 0.15) is 0 Å². The van der Waals surface area contributed by atoms with Crippen molar-refractivity contribution in [3.8, 4) is 0 Å². The molecule has 154 valence electrons. The van der Waals surface area contributed by atoms with E-state index in [0.717, 1.165) is 0 Å². The Balaban J connectivity index is 0.00000420. The maximum Gasteiger partial charge on any atom is 0.336 e. The van der Waals surface area contributed by atoms with Crippen molar-refractivity contribution in [2.45, 2.75) is 19.8 Å². The van der Waals surface area contributed by atoms with Gasteiger partial charge in [0.05, 0.1) is 49.7 Å². The van der Waals surface area contributed by atoms with Gasteiger partial charge in [-0.2, -0.15) is 0 Å². The fraction of sp³-hybridized carbons (Fsp3) is 0.400. The monoisotopic (exact) mass is 410 g/mol. The first-order valence-corrected chi connectivity index (χ1v) is 9.32. The van der Waals surface area contributed by atoms with Gasteiger partial charge in [0.2, 0.25) is 0 Å². The van der Waals surface area contributed by atoms with E-state index in [1.807, 2.05) is 0 Å². The zero-order chi connectivity index (χ0) is 20.7. The SMILES string of the molecule is CCOC(=O)C1=C(COCCN)NC(C)=C(C(=O)OC)C1c1ccccc1Cl.[HH]. The van der Waals surface area contributed by atoms with Crippen LogP contribution in [0.2, 0.25) is 5.02 Å². The number of nitrogens with one attached hydrogen (secondary N) is 1. The molecule has 0 saturated heterocycles. The van der Waals surface area contributed by atoms with Crippen molar-refractivity contribution in [2.75, 3.05) is 33.5 Å². The summed E-state index contributed by atoms with van der Waals surface area (Å²) in [6.07, 6.45) is 0. The van der Waals surface area contributed by atoms with Crippen molar-refractivity contribution in [2.24, 2.45) is 5.73 Å². The van der Waals surface area contributed by atoms with Crippen molar-refractivity contribution in [1.82, 2.24) is 5.32 Å². The number of methoxy groups -OCH3 is 1. The molecule has 0 radical (unpaired) electrons. The standard InChI is InChI=1S/C20H25ClN2O5.H2/c1-4-28-20(25)18-15(11-27-10-9-22)23-12(2)16(19(24)26-3)17(18)13-7-5-6-8-14(13)21;/h5-8,17,23H,4,9-11,22H2,1-3H3;1H. The van der Waals surface area contributed by atoms with E-state index in [-0.39, 0.29) is 20.2 Å². The van der Waals surface area contributed by atoms with Crippen LogP contribution in [-0.2, 0) is 23.8 Å². The lowest BCUT2D eigenvalue weighted by molar-refractivity contribution is -0.139. The summed E-state index contributed by atoms with van der Waals surface area (Å²) in [4.78, 5) is 25.5. The number of hydrogen-bond acceptors (Lipinski definition) is 7. The molecular formula is C20H27ClN2O5. The van der Waals surface area contributed by atoms with Gasteiger partial charge in [-0.15, -0.1) is 0 Å². The van der Waals surface area contributed by atoms with Crippen molar-refractivity contribution in [3.05, 3.63) is 57.4 Å². The topological polar surface area (TPSA) is 99.9 Å². The molecule has 1 unspecified atom stereocenters. The van der Waals surface area contributed by atoms with Crippen LogP contribution < -0.4 is 11.1 Å². The minimum Gasteiger partial charge on any atom is -0.466 e. The van der Waals surface area contributed by atoms with Crippen LogP contribution in [0.4, 0.5) is 0 Å². The second kappa shape index (κ2) is 10.3. The van der Waals surface area contributed by atoms with Crippen LogP contribution in [0.1, 0.15) is 26.8 Å². The maximum absolute atomic E-state index is 12.9. The summed E-state index contributed by atoms with van der Waals surface area (Å²) in [5.41, 5.74) is 7.70. The number of carbonyl (C=O) groups excluding carboxylic acids is 2. The first-order chi connectivity index (χ1) is 13.5. The summed E-state index contributed by atoms with van der Waals surface area (Å²) < 4.78 is 15.8. The van der Waals surface area contributed by atoms with E-state index in [1.165, 1.54) is 7.11 Å². The molecule has 0 amide bonds. The molecule has 0 saturated carbocycles. The van der Waals surface area contributed by atoms with Gasteiger partial charge in [-0.3, -0.25) is 0 Å². The van der Waals surface area contributed by atoms with Crippen LogP contribution in [0.25, 0.3) is 0 Å². The summed E-state index contributed by atoms with van der Waals surface area (Å²) in [5.74, 6) is -1.86. The Labute approximate surface area is 170 Å². The minimum absolute atomic E-state index is 0. The molecule has 1 aromatic rings. The summed E-state index contributed by atoms with van der Waals surface area (Å²) in [5, 5.41) is 3.52.